The molecule has 5 N–H and O–H groups in total. The van der Waals surface area contributed by atoms with E-state index in [1.54, 1.807) is 43.3 Å². The van der Waals surface area contributed by atoms with Crippen LogP contribution in [0.4, 0.5) is 15.8 Å². The summed E-state index contributed by atoms with van der Waals surface area (Å²) in [4.78, 5) is 25.9. The number of halogens is 3. The van der Waals surface area contributed by atoms with Crippen LogP contribution in [0.5, 0.6) is 0 Å². The number of rotatable bonds is 3. The fourth-order valence-electron chi connectivity index (χ4n) is 6.62. The number of esters is 1. The summed E-state index contributed by atoms with van der Waals surface area (Å²) in [6.45, 7) is 1.76. The second-order valence-corrected chi connectivity index (χ2v) is 11.1. The number of amides is 1. The number of fused-ring (bicyclic) bond motifs is 3. The third kappa shape index (κ3) is 3.68. The third-order valence-corrected chi connectivity index (χ3v) is 8.79. The molecule has 0 bridgehead atoms. The molecule has 2 saturated heterocycles. The first kappa shape index (κ1) is 26.0. The van der Waals surface area contributed by atoms with Crippen LogP contribution in [0.2, 0.25) is 10.0 Å². The van der Waals surface area contributed by atoms with Crippen molar-refractivity contribution in [2.24, 2.45) is 0 Å². The topological polar surface area (TPSA) is 117 Å². The molecule has 3 aliphatic heterocycles. The van der Waals surface area contributed by atoms with Crippen molar-refractivity contribution >= 4 is 46.5 Å². The molecule has 0 aromatic heterocycles. The van der Waals surface area contributed by atoms with E-state index >= 15 is 4.39 Å². The Morgan fingerprint density at radius 3 is 2.72 bits per heavy atom. The van der Waals surface area contributed by atoms with E-state index < -0.39 is 41.4 Å². The molecule has 2 fully saturated rings. The van der Waals surface area contributed by atoms with Gasteiger partial charge in [-0.15, -0.1) is 0 Å². The number of hydrogen-bond acceptors (Lipinski definition) is 7. The van der Waals surface area contributed by atoms with Crippen LogP contribution in [-0.4, -0.2) is 41.3 Å². The molecular formula is C28H25Cl2FN4O4. The average molecular weight is 571 g/mol. The zero-order chi connectivity index (χ0) is 27.8. The number of anilines is 2. The van der Waals surface area contributed by atoms with Crippen LogP contribution < -0.4 is 16.4 Å². The molecule has 8 nitrogen and oxygen atoms in total. The van der Waals surface area contributed by atoms with Crippen LogP contribution in [0.25, 0.3) is 0 Å². The Morgan fingerprint density at radius 2 is 1.97 bits per heavy atom. The summed E-state index contributed by atoms with van der Waals surface area (Å²) in [6.07, 6.45) is 0.360. The van der Waals surface area contributed by atoms with Gasteiger partial charge in [-0.25, -0.2) is 9.18 Å². The molecule has 3 aromatic carbocycles. The quantitative estimate of drug-likeness (QED) is 0.261. The van der Waals surface area contributed by atoms with Gasteiger partial charge < -0.3 is 21.0 Å². The number of nitrogens with zero attached hydrogens (tertiary/aromatic N) is 1. The zero-order valence-corrected chi connectivity index (χ0v) is 22.5. The minimum Gasteiger partial charge on any atom is -0.465 e. The molecular weight excluding hydrogens is 546 g/mol. The van der Waals surface area contributed by atoms with Gasteiger partial charge in [-0.2, -0.15) is 5.06 Å². The summed E-state index contributed by atoms with van der Waals surface area (Å²) < 4.78 is 20.5. The van der Waals surface area contributed by atoms with E-state index in [2.05, 4.69) is 10.6 Å². The van der Waals surface area contributed by atoms with Crippen molar-refractivity contribution in [2.45, 2.75) is 42.9 Å². The van der Waals surface area contributed by atoms with Gasteiger partial charge in [0.05, 0.1) is 29.8 Å². The number of hydrogen-bond donors (Lipinski definition) is 4. The molecule has 6 rings (SSSR count). The van der Waals surface area contributed by atoms with Crippen molar-refractivity contribution in [2.75, 3.05) is 18.2 Å². The molecule has 39 heavy (non-hydrogen) atoms. The van der Waals surface area contributed by atoms with Gasteiger partial charge in [-0.05, 0) is 54.3 Å². The Bertz CT molecular complexity index is 1550. The highest BCUT2D eigenvalue weighted by atomic mass is 35.5. The number of carbonyl (C=O) groups excluding carboxylic acids is 2. The Morgan fingerprint density at radius 1 is 1.21 bits per heavy atom. The van der Waals surface area contributed by atoms with Gasteiger partial charge in [0.1, 0.15) is 11.4 Å². The highest BCUT2D eigenvalue weighted by Crippen LogP contribution is 2.58. The molecule has 3 heterocycles. The minimum absolute atomic E-state index is 0.0851. The number of hydroxylamine groups is 2. The maximum atomic E-state index is 15.7. The van der Waals surface area contributed by atoms with Crippen molar-refractivity contribution in [1.82, 2.24) is 10.4 Å². The predicted molar refractivity (Wildman–Crippen MR) is 145 cm³/mol. The van der Waals surface area contributed by atoms with Crippen molar-refractivity contribution in [3.05, 3.63) is 92.2 Å². The minimum atomic E-state index is -1.39. The lowest BCUT2D eigenvalue weighted by molar-refractivity contribution is -0.143. The van der Waals surface area contributed by atoms with E-state index in [1.165, 1.54) is 19.2 Å². The van der Waals surface area contributed by atoms with Crippen molar-refractivity contribution in [1.29, 1.82) is 0 Å². The van der Waals surface area contributed by atoms with Gasteiger partial charge >= 0.3 is 5.97 Å². The first-order valence-corrected chi connectivity index (χ1v) is 13.1. The van der Waals surface area contributed by atoms with Gasteiger partial charge in [-0.1, -0.05) is 47.5 Å². The van der Waals surface area contributed by atoms with Crippen LogP contribution in [0.15, 0.2) is 48.5 Å². The largest absolute Gasteiger partial charge is 0.465 e. The van der Waals surface area contributed by atoms with Crippen molar-refractivity contribution < 1.29 is 23.9 Å². The summed E-state index contributed by atoms with van der Waals surface area (Å²) in [5.41, 5.74) is 8.19. The van der Waals surface area contributed by atoms with E-state index in [1.807, 2.05) is 0 Å². The van der Waals surface area contributed by atoms with E-state index in [0.29, 0.717) is 45.1 Å². The summed E-state index contributed by atoms with van der Waals surface area (Å²) in [6, 6.07) is 11.3. The molecule has 5 atom stereocenters. The van der Waals surface area contributed by atoms with Crippen LogP contribution in [0.1, 0.15) is 51.0 Å². The second-order valence-electron chi connectivity index (χ2n) is 10.2. The van der Waals surface area contributed by atoms with Crippen molar-refractivity contribution in [3.63, 3.8) is 0 Å². The summed E-state index contributed by atoms with van der Waals surface area (Å²) >= 11 is 12.4. The third-order valence-electron chi connectivity index (χ3n) is 8.26. The van der Waals surface area contributed by atoms with E-state index in [0.717, 1.165) is 5.06 Å². The summed E-state index contributed by atoms with van der Waals surface area (Å²) in [5.74, 6) is -2.41. The molecule has 3 aromatic rings. The number of ether oxygens (including phenoxy) is 1. The molecule has 1 amide bonds. The number of nitrogens with one attached hydrogen (secondary N) is 2. The standard InChI is InChI=1S/C28H25Cl2FN4O4/c1-12-8-16(19(32)10-15(12)26(36)39-2)22-11-21-25(35(22)38)23(14-4-3-5-18(30)24(14)31)28(34-21)17-7-6-13(29)9-20(17)33-27(28)37/h3-10,21-23,25,34,38H,11,32H2,1-2H3,(H,33,37)/t21-,22?,23-,25+,28+/m0/s1. The Balaban J connectivity index is 1.48. The molecule has 0 aliphatic carbocycles. The number of carbonyl (C=O) groups is 2. The Labute approximate surface area is 233 Å². The molecule has 11 heteroatoms. The highest BCUT2D eigenvalue weighted by Gasteiger charge is 2.66. The highest BCUT2D eigenvalue weighted by molar-refractivity contribution is 6.31. The molecule has 1 unspecified atom stereocenters. The molecule has 0 saturated carbocycles. The number of benzene rings is 3. The maximum absolute atomic E-state index is 15.7. The van der Waals surface area contributed by atoms with Gasteiger partial charge in [0.2, 0.25) is 5.91 Å². The fourth-order valence-corrected chi connectivity index (χ4v) is 6.97. The molecule has 0 radical (unpaired) electrons. The SMILES string of the molecule is COC(=O)c1cc(N)c(C2C[C@@H]3N[C@@]4(C(=O)Nc5cc(Cl)ccc54)[C@@H](c4cccc(Cl)c4F)[C@@H]3N2O)cc1C. The monoisotopic (exact) mass is 570 g/mol. The normalized spacial score (nSPS) is 27.5. The van der Waals surface area contributed by atoms with E-state index in [4.69, 9.17) is 33.7 Å². The van der Waals surface area contributed by atoms with E-state index in [-0.39, 0.29) is 16.5 Å². The predicted octanol–water partition coefficient (Wildman–Crippen LogP) is 4.92. The number of aryl methyl sites for hydroxylation is 1. The van der Waals surface area contributed by atoms with Crippen LogP contribution in [0, 0.1) is 12.7 Å². The number of methoxy groups -OCH3 is 1. The van der Waals surface area contributed by atoms with Crippen LogP contribution >= 0.6 is 23.2 Å². The van der Waals surface area contributed by atoms with Gasteiger partial charge in [0, 0.05) is 33.9 Å². The lowest BCUT2D eigenvalue weighted by Gasteiger charge is -2.36. The van der Waals surface area contributed by atoms with Gasteiger partial charge in [0.15, 0.2) is 0 Å². The smallest absolute Gasteiger partial charge is 0.338 e. The second kappa shape index (κ2) is 9.18. The summed E-state index contributed by atoms with van der Waals surface area (Å²) in [7, 11) is 1.29. The summed E-state index contributed by atoms with van der Waals surface area (Å²) in [5, 5.41) is 19.6. The van der Waals surface area contributed by atoms with Gasteiger partial charge in [-0.3, -0.25) is 10.1 Å². The number of nitrogen functional groups attached to an aromatic ring is 1. The van der Waals surface area contributed by atoms with Gasteiger partial charge in [0.25, 0.3) is 0 Å². The van der Waals surface area contributed by atoms with Crippen LogP contribution in [-0.2, 0) is 15.1 Å². The first-order chi connectivity index (χ1) is 18.6. The Kier molecular flexibility index (Phi) is 6.13. The first-order valence-electron chi connectivity index (χ1n) is 12.4. The molecule has 202 valence electrons. The lowest BCUT2D eigenvalue weighted by atomic mass is 9.74. The van der Waals surface area contributed by atoms with Crippen LogP contribution in [0.3, 0.4) is 0 Å². The average Bonchev–Trinajstić information content (AvgIpc) is 3.49. The Hall–Kier alpha value is -3.21. The molecule has 3 aliphatic rings. The maximum Gasteiger partial charge on any atom is 0.338 e. The van der Waals surface area contributed by atoms with Crippen molar-refractivity contribution in [3.8, 4) is 0 Å². The zero-order valence-electron chi connectivity index (χ0n) is 21.0. The lowest BCUT2D eigenvalue weighted by Crippen LogP contribution is -2.50. The fraction of sp³-hybridized carbons (Fsp3) is 0.286. The van der Waals surface area contributed by atoms with E-state index in [9.17, 15) is 14.8 Å². The number of nitrogens with two attached hydrogens (primary N) is 1. The molecule has 1 spiro atoms.